The summed E-state index contributed by atoms with van der Waals surface area (Å²) < 4.78 is 0.941. The van der Waals surface area contributed by atoms with Crippen molar-refractivity contribution in [2.45, 2.75) is 6.92 Å². The largest absolute Gasteiger partial charge is 0.395 e. The molecule has 0 saturated heterocycles. The number of nitrogens with zero attached hydrogens (tertiary/aromatic N) is 1. The van der Waals surface area contributed by atoms with E-state index in [1.165, 1.54) is 0 Å². The molecule has 82 valence electrons. The van der Waals surface area contributed by atoms with Gasteiger partial charge in [-0.15, -0.1) is 0 Å². The number of hydrogen-bond acceptors (Lipinski definition) is 2. The number of carbonyl (C=O) groups excluding carboxylic acids is 1. The van der Waals surface area contributed by atoms with Gasteiger partial charge in [0.25, 0.3) is 5.91 Å². The third-order valence-electron chi connectivity index (χ3n) is 2.14. The molecule has 1 aromatic carbocycles. The first-order valence-corrected chi connectivity index (χ1v) is 5.93. The molecule has 1 aromatic rings. The van der Waals surface area contributed by atoms with Crippen LogP contribution in [0.5, 0.6) is 0 Å². The van der Waals surface area contributed by atoms with Gasteiger partial charge in [-0.3, -0.25) is 4.79 Å². The number of likely N-dealkylation sites (N-methyl/N-ethyl adjacent to an activating group) is 1. The zero-order valence-corrected chi connectivity index (χ0v) is 10.8. The first-order valence-electron chi connectivity index (χ1n) is 4.85. The van der Waals surface area contributed by atoms with E-state index >= 15 is 0 Å². The molecule has 15 heavy (non-hydrogen) atoms. The molecule has 0 saturated carbocycles. The fourth-order valence-electron chi connectivity index (χ4n) is 1.33. The maximum atomic E-state index is 12.0. The highest BCUT2D eigenvalue weighted by molar-refractivity contribution is 14.1. The summed E-state index contributed by atoms with van der Waals surface area (Å²) in [7, 11) is 0. The van der Waals surface area contributed by atoms with Crippen molar-refractivity contribution in [3.8, 4) is 0 Å². The van der Waals surface area contributed by atoms with Crippen molar-refractivity contribution in [1.29, 1.82) is 0 Å². The molecule has 0 atom stereocenters. The van der Waals surface area contributed by atoms with Gasteiger partial charge in [0, 0.05) is 16.7 Å². The Kier molecular flexibility index (Phi) is 5.04. The minimum Gasteiger partial charge on any atom is -0.395 e. The smallest absolute Gasteiger partial charge is 0.254 e. The summed E-state index contributed by atoms with van der Waals surface area (Å²) in [6, 6.07) is 7.47. The second-order valence-electron chi connectivity index (χ2n) is 3.09. The van der Waals surface area contributed by atoms with Gasteiger partial charge in [-0.2, -0.15) is 0 Å². The Morgan fingerprint density at radius 1 is 1.47 bits per heavy atom. The lowest BCUT2D eigenvalue weighted by Crippen LogP contribution is -2.33. The van der Waals surface area contributed by atoms with Crippen molar-refractivity contribution in [3.05, 3.63) is 33.4 Å². The van der Waals surface area contributed by atoms with Crippen LogP contribution in [0.3, 0.4) is 0 Å². The van der Waals surface area contributed by atoms with E-state index in [-0.39, 0.29) is 12.5 Å². The van der Waals surface area contributed by atoms with Gasteiger partial charge in [0.05, 0.1) is 12.2 Å². The summed E-state index contributed by atoms with van der Waals surface area (Å²) in [5.41, 5.74) is 0.702. The summed E-state index contributed by atoms with van der Waals surface area (Å²) in [4.78, 5) is 13.6. The lowest BCUT2D eigenvalue weighted by molar-refractivity contribution is 0.0731. The molecule has 0 aliphatic heterocycles. The fourth-order valence-corrected chi connectivity index (χ4v) is 1.95. The topological polar surface area (TPSA) is 40.5 Å². The maximum Gasteiger partial charge on any atom is 0.254 e. The third kappa shape index (κ3) is 3.17. The number of amides is 1. The number of carbonyl (C=O) groups is 1. The molecule has 4 heteroatoms. The van der Waals surface area contributed by atoms with E-state index in [2.05, 4.69) is 22.6 Å². The van der Waals surface area contributed by atoms with Gasteiger partial charge in [0.2, 0.25) is 0 Å². The zero-order valence-electron chi connectivity index (χ0n) is 8.61. The Labute approximate surface area is 103 Å². The average molecular weight is 319 g/mol. The number of benzene rings is 1. The average Bonchev–Trinajstić information content (AvgIpc) is 2.25. The highest BCUT2D eigenvalue weighted by Gasteiger charge is 2.15. The molecule has 0 aliphatic rings. The number of aliphatic hydroxyl groups is 1. The summed E-state index contributed by atoms with van der Waals surface area (Å²) >= 11 is 2.14. The fraction of sp³-hybridized carbons (Fsp3) is 0.364. The third-order valence-corrected chi connectivity index (χ3v) is 3.08. The van der Waals surface area contributed by atoms with Crippen LogP contribution in [0.1, 0.15) is 17.3 Å². The Balaban J connectivity index is 2.88. The minimum atomic E-state index is -0.0171. The van der Waals surface area contributed by atoms with Crippen LogP contribution in [0.15, 0.2) is 24.3 Å². The highest BCUT2D eigenvalue weighted by atomic mass is 127. The molecule has 0 aliphatic carbocycles. The second-order valence-corrected chi connectivity index (χ2v) is 4.25. The number of halogens is 1. The molecule has 3 nitrogen and oxygen atoms in total. The minimum absolute atomic E-state index is 0.00297. The predicted molar refractivity (Wildman–Crippen MR) is 67.8 cm³/mol. The molecule has 0 unspecified atom stereocenters. The first kappa shape index (κ1) is 12.4. The van der Waals surface area contributed by atoms with E-state index in [4.69, 9.17) is 5.11 Å². The zero-order chi connectivity index (χ0) is 11.3. The van der Waals surface area contributed by atoms with E-state index in [1.807, 2.05) is 31.2 Å². The van der Waals surface area contributed by atoms with E-state index in [0.29, 0.717) is 18.7 Å². The van der Waals surface area contributed by atoms with Crippen molar-refractivity contribution in [2.75, 3.05) is 19.7 Å². The van der Waals surface area contributed by atoms with Crippen LogP contribution in [0, 0.1) is 3.57 Å². The molecule has 0 heterocycles. The maximum absolute atomic E-state index is 12.0. The van der Waals surface area contributed by atoms with Crippen LogP contribution in [-0.2, 0) is 0 Å². The number of aliphatic hydroxyl groups excluding tert-OH is 1. The Morgan fingerprint density at radius 2 is 2.13 bits per heavy atom. The molecule has 0 radical (unpaired) electrons. The van der Waals surface area contributed by atoms with E-state index < -0.39 is 0 Å². The van der Waals surface area contributed by atoms with Crippen molar-refractivity contribution >= 4 is 28.5 Å². The quantitative estimate of drug-likeness (QED) is 0.859. The van der Waals surface area contributed by atoms with Crippen molar-refractivity contribution in [2.24, 2.45) is 0 Å². The molecule has 0 spiro atoms. The molecule has 1 rings (SSSR count). The lowest BCUT2D eigenvalue weighted by atomic mass is 10.2. The molecule has 1 amide bonds. The number of rotatable bonds is 4. The Morgan fingerprint density at radius 3 is 2.67 bits per heavy atom. The van der Waals surface area contributed by atoms with Crippen LogP contribution < -0.4 is 0 Å². The van der Waals surface area contributed by atoms with Crippen molar-refractivity contribution < 1.29 is 9.90 Å². The van der Waals surface area contributed by atoms with Crippen LogP contribution in [0.4, 0.5) is 0 Å². The molecule has 1 N–H and O–H groups in total. The van der Waals surface area contributed by atoms with Gasteiger partial charge >= 0.3 is 0 Å². The molecular formula is C11H14INO2. The second kappa shape index (κ2) is 6.07. The summed E-state index contributed by atoms with van der Waals surface area (Å²) in [6.45, 7) is 2.91. The van der Waals surface area contributed by atoms with E-state index in [1.54, 1.807) is 4.90 Å². The lowest BCUT2D eigenvalue weighted by Gasteiger charge is -2.20. The van der Waals surface area contributed by atoms with Crippen LogP contribution in [0.25, 0.3) is 0 Å². The first-order chi connectivity index (χ1) is 7.20. The highest BCUT2D eigenvalue weighted by Crippen LogP contribution is 2.13. The van der Waals surface area contributed by atoms with E-state index in [9.17, 15) is 4.79 Å². The molecule has 0 bridgehead atoms. The van der Waals surface area contributed by atoms with Crippen molar-refractivity contribution in [1.82, 2.24) is 4.90 Å². The van der Waals surface area contributed by atoms with Crippen LogP contribution in [0.2, 0.25) is 0 Å². The van der Waals surface area contributed by atoms with Gasteiger partial charge < -0.3 is 10.0 Å². The van der Waals surface area contributed by atoms with Crippen LogP contribution >= 0.6 is 22.6 Å². The number of hydrogen-bond donors (Lipinski definition) is 1. The van der Waals surface area contributed by atoms with E-state index in [0.717, 1.165) is 3.57 Å². The molecule has 0 aromatic heterocycles. The predicted octanol–water partition coefficient (Wildman–Crippen LogP) is 1.75. The van der Waals surface area contributed by atoms with Crippen LogP contribution in [-0.4, -0.2) is 35.6 Å². The molecular weight excluding hydrogens is 305 g/mol. The Bertz CT molecular complexity index is 341. The standard InChI is InChI=1S/C11H14INO2/c1-2-13(7-8-14)11(15)9-5-3-4-6-10(9)12/h3-6,14H,2,7-8H2,1H3. The summed E-state index contributed by atoms with van der Waals surface area (Å²) in [5, 5.41) is 8.84. The van der Waals surface area contributed by atoms with Gasteiger partial charge in [-0.25, -0.2) is 0 Å². The normalized spacial score (nSPS) is 10.1. The van der Waals surface area contributed by atoms with Crippen molar-refractivity contribution in [3.63, 3.8) is 0 Å². The van der Waals surface area contributed by atoms with Gasteiger partial charge in [-0.05, 0) is 41.6 Å². The monoisotopic (exact) mass is 319 g/mol. The van der Waals surface area contributed by atoms with Gasteiger partial charge in [0.1, 0.15) is 0 Å². The van der Waals surface area contributed by atoms with Gasteiger partial charge in [0.15, 0.2) is 0 Å². The molecule has 0 fully saturated rings. The Hall–Kier alpha value is -0.620. The van der Waals surface area contributed by atoms with Gasteiger partial charge in [-0.1, -0.05) is 12.1 Å². The summed E-state index contributed by atoms with van der Waals surface area (Å²) in [5.74, 6) is -0.0171. The summed E-state index contributed by atoms with van der Waals surface area (Å²) in [6.07, 6.45) is 0. The SMILES string of the molecule is CCN(CCO)C(=O)c1ccccc1I.